The van der Waals surface area contributed by atoms with Gasteiger partial charge in [-0.15, -0.1) is 0 Å². The molecule has 0 saturated carbocycles. The van der Waals surface area contributed by atoms with Crippen LogP contribution < -0.4 is 4.43 Å². The van der Waals surface area contributed by atoms with Gasteiger partial charge in [0.2, 0.25) is 5.88 Å². The van der Waals surface area contributed by atoms with Crippen LogP contribution >= 0.6 is 0 Å². The van der Waals surface area contributed by atoms with Gasteiger partial charge in [-0.2, -0.15) is 0 Å². The highest BCUT2D eigenvalue weighted by Crippen LogP contribution is 2.49. The number of pyridine rings is 1. The van der Waals surface area contributed by atoms with Crippen molar-refractivity contribution in [1.82, 2.24) is 9.55 Å². The molecule has 0 atom stereocenters. The Morgan fingerprint density at radius 2 is 1.52 bits per heavy atom. The Kier molecular flexibility index (Phi) is 8.29. The van der Waals surface area contributed by atoms with Crippen molar-refractivity contribution in [2.24, 2.45) is 7.05 Å². The van der Waals surface area contributed by atoms with Crippen LogP contribution in [-0.2, 0) is 13.5 Å². The smallest absolute Gasteiger partial charge is 0.258 e. The number of nitrogens with zero attached hydrogens (tertiary/aromatic N) is 2. The summed E-state index contributed by atoms with van der Waals surface area (Å²) in [6.07, 6.45) is 8.71. The van der Waals surface area contributed by atoms with Gasteiger partial charge in [0, 0.05) is 30.2 Å². The topological polar surface area (TPSA) is 47.3 Å². The first-order valence-electron chi connectivity index (χ1n) is 14.8. The average Bonchev–Trinajstić information content (AvgIpc) is 3.25. The molecule has 0 aliphatic carbocycles. The summed E-state index contributed by atoms with van der Waals surface area (Å²) < 4.78 is 22.7. The molecular weight excluding hydrogens is 539 g/mol. The fraction of sp³-hybridized carbons (Fsp3) is 0.306. The zero-order chi connectivity index (χ0) is 30.2. The van der Waals surface area contributed by atoms with E-state index in [4.69, 9.17) is 9.41 Å². The lowest BCUT2D eigenvalue weighted by atomic mass is 9.97. The first kappa shape index (κ1) is 29.6. The maximum atomic E-state index is 13.6. The SMILES string of the molecule is CC(C)[Si](Oc1c2ncc(Cc3ccc(F)cc3)cc2c(C=Cc2ccccc2)c2cn(C)c(O)c12)(C(C)C)C(C)C. The Hall–Kier alpha value is -3.90. The van der Waals surface area contributed by atoms with Crippen LogP contribution in [0.1, 0.15) is 63.8 Å². The summed E-state index contributed by atoms with van der Waals surface area (Å²) in [4.78, 5) is 5.04. The zero-order valence-electron chi connectivity index (χ0n) is 25.6. The molecule has 0 radical (unpaired) electrons. The van der Waals surface area contributed by atoms with Crippen LogP contribution in [-0.4, -0.2) is 23.0 Å². The molecular formula is C36H41FN2O2Si. The summed E-state index contributed by atoms with van der Waals surface area (Å²) in [7, 11) is -0.538. The lowest BCUT2D eigenvalue weighted by Crippen LogP contribution is -2.50. The van der Waals surface area contributed by atoms with Gasteiger partial charge in [0.15, 0.2) is 0 Å². The van der Waals surface area contributed by atoms with Crippen molar-refractivity contribution in [3.63, 3.8) is 0 Å². The largest absolute Gasteiger partial charge is 0.541 e. The molecule has 0 spiro atoms. The van der Waals surface area contributed by atoms with Crippen LogP contribution in [0.25, 0.3) is 33.8 Å². The predicted molar refractivity (Wildman–Crippen MR) is 176 cm³/mol. The minimum atomic E-state index is -2.40. The van der Waals surface area contributed by atoms with Crippen molar-refractivity contribution in [2.75, 3.05) is 0 Å². The highest BCUT2D eigenvalue weighted by molar-refractivity contribution is 6.78. The van der Waals surface area contributed by atoms with Gasteiger partial charge in [0.25, 0.3) is 8.32 Å². The quantitative estimate of drug-likeness (QED) is 0.139. The van der Waals surface area contributed by atoms with Crippen LogP contribution in [0.3, 0.4) is 0 Å². The number of aromatic hydroxyl groups is 1. The molecule has 6 heteroatoms. The number of benzene rings is 3. The van der Waals surface area contributed by atoms with E-state index >= 15 is 0 Å². The Balaban J connectivity index is 1.81. The van der Waals surface area contributed by atoms with Crippen LogP contribution in [0, 0.1) is 5.82 Å². The normalized spacial score (nSPS) is 12.5. The lowest BCUT2D eigenvalue weighted by Gasteiger charge is -2.42. The molecule has 0 aliphatic heterocycles. The monoisotopic (exact) mass is 580 g/mol. The number of fused-ring (bicyclic) bond motifs is 2. The molecule has 5 aromatic rings. The van der Waals surface area contributed by atoms with Crippen LogP contribution in [0.5, 0.6) is 11.6 Å². The predicted octanol–water partition coefficient (Wildman–Crippen LogP) is 9.89. The van der Waals surface area contributed by atoms with E-state index in [2.05, 4.69) is 71.9 Å². The molecule has 0 unspecified atom stereocenters. The van der Waals surface area contributed by atoms with E-state index in [1.807, 2.05) is 49.8 Å². The van der Waals surface area contributed by atoms with Crippen LogP contribution in [0.4, 0.5) is 4.39 Å². The van der Waals surface area contributed by atoms with Crippen molar-refractivity contribution in [2.45, 2.75) is 64.6 Å². The Morgan fingerprint density at radius 1 is 0.881 bits per heavy atom. The van der Waals surface area contributed by atoms with Gasteiger partial charge in [0.1, 0.15) is 17.1 Å². The average molecular weight is 581 g/mol. The van der Waals surface area contributed by atoms with Gasteiger partial charge >= 0.3 is 0 Å². The second kappa shape index (κ2) is 11.8. The number of halogens is 1. The molecule has 5 rings (SSSR count). The molecule has 4 nitrogen and oxygen atoms in total. The highest BCUT2D eigenvalue weighted by Gasteiger charge is 2.48. The third kappa shape index (κ3) is 5.36. The van der Waals surface area contributed by atoms with Crippen molar-refractivity contribution in [3.8, 4) is 11.6 Å². The van der Waals surface area contributed by atoms with Crippen molar-refractivity contribution in [1.29, 1.82) is 0 Å². The van der Waals surface area contributed by atoms with Gasteiger partial charge in [0.05, 0.1) is 5.39 Å². The molecule has 0 aliphatic rings. The van der Waals surface area contributed by atoms with E-state index in [9.17, 15) is 9.50 Å². The number of rotatable bonds is 9. The third-order valence-corrected chi connectivity index (χ3v) is 14.6. The number of aromatic nitrogens is 2. The minimum absolute atomic E-state index is 0.174. The molecule has 218 valence electrons. The van der Waals surface area contributed by atoms with Crippen molar-refractivity contribution in [3.05, 3.63) is 101 Å². The van der Waals surface area contributed by atoms with E-state index < -0.39 is 8.32 Å². The maximum Gasteiger partial charge on any atom is 0.258 e. The van der Waals surface area contributed by atoms with E-state index in [-0.39, 0.29) is 11.7 Å². The van der Waals surface area contributed by atoms with Gasteiger partial charge in [-0.3, -0.25) is 4.98 Å². The van der Waals surface area contributed by atoms with Gasteiger partial charge in [-0.25, -0.2) is 4.39 Å². The van der Waals surface area contributed by atoms with E-state index in [1.54, 1.807) is 4.57 Å². The van der Waals surface area contributed by atoms with Gasteiger partial charge in [-0.1, -0.05) is 96.2 Å². The van der Waals surface area contributed by atoms with E-state index in [1.165, 1.54) is 12.1 Å². The molecule has 1 N–H and O–H groups in total. The number of aryl methyl sites for hydroxylation is 1. The molecule has 0 fully saturated rings. The third-order valence-electron chi connectivity index (χ3n) is 8.67. The second-order valence-corrected chi connectivity index (χ2v) is 17.7. The standard InChI is InChI=1S/C36H41FN2O2Si/c1-23(2)42(24(3)4,25(5)6)41-35-33-32(22-39(7)36(33)40)30(18-15-26-11-9-8-10-12-26)31-20-28(21-38-34(31)35)19-27-13-16-29(37)17-14-27/h8-18,20-25,40H,19H2,1-7H3. The first-order chi connectivity index (χ1) is 20.0. The highest BCUT2D eigenvalue weighted by atomic mass is 28.4. The molecule has 0 bridgehead atoms. The van der Waals surface area contributed by atoms with Crippen LogP contribution in [0.2, 0.25) is 16.6 Å². The molecule has 3 aromatic carbocycles. The molecule has 2 heterocycles. The van der Waals surface area contributed by atoms with Gasteiger partial charge < -0.3 is 14.1 Å². The molecule has 0 amide bonds. The summed E-state index contributed by atoms with van der Waals surface area (Å²) in [5.41, 5.74) is 5.90. The first-order valence-corrected chi connectivity index (χ1v) is 17.0. The molecule has 2 aromatic heterocycles. The second-order valence-electron chi connectivity index (χ2n) is 12.3. The lowest BCUT2D eigenvalue weighted by molar-refractivity contribution is 0.434. The summed E-state index contributed by atoms with van der Waals surface area (Å²) in [6, 6.07) is 19.0. The van der Waals surface area contributed by atoms with Crippen molar-refractivity contribution < 1.29 is 13.9 Å². The summed E-state index contributed by atoms with van der Waals surface area (Å²) in [5, 5.41) is 14.0. The Bertz CT molecular complexity index is 1720. The number of hydrogen-bond acceptors (Lipinski definition) is 3. The van der Waals surface area contributed by atoms with Crippen LogP contribution in [0.15, 0.2) is 73.1 Å². The summed E-state index contributed by atoms with van der Waals surface area (Å²) in [5.74, 6) is 0.601. The number of hydrogen-bond donors (Lipinski definition) is 1. The molecule has 0 saturated heterocycles. The van der Waals surface area contributed by atoms with E-state index in [0.717, 1.165) is 38.5 Å². The minimum Gasteiger partial charge on any atom is -0.541 e. The summed E-state index contributed by atoms with van der Waals surface area (Å²) in [6.45, 7) is 13.6. The zero-order valence-corrected chi connectivity index (χ0v) is 26.6. The van der Waals surface area contributed by atoms with Gasteiger partial charge in [-0.05, 0) is 63.5 Å². The maximum absolute atomic E-state index is 13.6. The summed E-state index contributed by atoms with van der Waals surface area (Å²) >= 11 is 0. The fourth-order valence-corrected chi connectivity index (χ4v) is 11.9. The molecule has 42 heavy (non-hydrogen) atoms. The Labute approximate surface area is 249 Å². The fourth-order valence-electron chi connectivity index (χ4n) is 6.69. The van der Waals surface area contributed by atoms with Crippen molar-refractivity contribution >= 4 is 42.1 Å². The Morgan fingerprint density at radius 3 is 2.14 bits per heavy atom. The van der Waals surface area contributed by atoms with E-state index in [0.29, 0.717) is 34.2 Å².